The van der Waals surface area contributed by atoms with Crippen molar-refractivity contribution in [3.8, 4) is 0 Å². The lowest BCUT2D eigenvalue weighted by Crippen LogP contribution is -2.32. The molecule has 1 rings (SSSR count). The van der Waals surface area contributed by atoms with E-state index in [1.807, 2.05) is 6.92 Å². The second-order valence-electron chi connectivity index (χ2n) is 5.64. The van der Waals surface area contributed by atoms with Gasteiger partial charge in [0.25, 0.3) is 0 Å². The van der Waals surface area contributed by atoms with E-state index >= 15 is 0 Å². The molecule has 1 unspecified atom stereocenters. The second kappa shape index (κ2) is 7.92. The Bertz CT molecular complexity index is 555. The summed E-state index contributed by atoms with van der Waals surface area (Å²) in [6.45, 7) is 10.1. The fourth-order valence-corrected chi connectivity index (χ4v) is 3.40. The lowest BCUT2D eigenvalue weighted by Gasteiger charge is -2.20. The van der Waals surface area contributed by atoms with Crippen LogP contribution in [0.1, 0.15) is 43.0 Å². The summed E-state index contributed by atoms with van der Waals surface area (Å²) in [5, 5.41) is 3.48. The van der Waals surface area contributed by atoms with Crippen molar-refractivity contribution < 1.29 is 8.42 Å². The molecule has 5 heteroatoms. The van der Waals surface area contributed by atoms with Crippen LogP contribution in [-0.4, -0.2) is 38.6 Å². The van der Waals surface area contributed by atoms with E-state index in [0.717, 1.165) is 13.0 Å². The first-order valence-corrected chi connectivity index (χ1v) is 9.36. The summed E-state index contributed by atoms with van der Waals surface area (Å²) in [7, 11) is -3.07. The molecular weight excluding hydrogens is 284 g/mol. The summed E-state index contributed by atoms with van der Waals surface area (Å²) in [5.41, 5.74) is 3.86. The Kier molecular flexibility index (Phi) is 6.84. The lowest BCUT2D eigenvalue weighted by atomic mass is 10.00. The van der Waals surface area contributed by atoms with Gasteiger partial charge in [0, 0.05) is 19.1 Å². The molecule has 1 N–H and O–H groups in total. The largest absolute Gasteiger partial charge is 0.310 e. The van der Waals surface area contributed by atoms with Gasteiger partial charge in [-0.05, 0) is 44.9 Å². The number of hydrogen-bond acceptors (Lipinski definition) is 3. The van der Waals surface area contributed by atoms with Crippen LogP contribution < -0.4 is 5.32 Å². The highest BCUT2D eigenvalue weighted by Gasteiger charge is 2.14. The zero-order valence-electron chi connectivity index (χ0n) is 13.8. The minimum atomic E-state index is -3.07. The van der Waals surface area contributed by atoms with E-state index in [1.165, 1.54) is 27.3 Å². The van der Waals surface area contributed by atoms with E-state index in [1.54, 1.807) is 0 Å². The van der Waals surface area contributed by atoms with Gasteiger partial charge in [-0.25, -0.2) is 12.7 Å². The van der Waals surface area contributed by atoms with Crippen LogP contribution in [0.3, 0.4) is 0 Å². The highest BCUT2D eigenvalue weighted by Crippen LogP contribution is 2.18. The summed E-state index contributed by atoms with van der Waals surface area (Å²) in [6.07, 6.45) is 2.08. The third-order valence-corrected chi connectivity index (χ3v) is 5.14. The molecule has 0 spiro atoms. The number of nitrogens with zero attached hydrogens (tertiary/aromatic N) is 1. The summed E-state index contributed by atoms with van der Waals surface area (Å²) < 4.78 is 24.5. The minimum absolute atomic E-state index is 0.276. The van der Waals surface area contributed by atoms with Crippen LogP contribution in [0, 0.1) is 13.8 Å². The molecule has 4 nitrogen and oxygen atoms in total. The molecule has 0 fully saturated rings. The molecule has 0 saturated carbocycles. The zero-order chi connectivity index (χ0) is 16.0. The topological polar surface area (TPSA) is 49.4 Å². The fraction of sp³-hybridized carbons (Fsp3) is 0.625. The van der Waals surface area contributed by atoms with Gasteiger partial charge < -0.3 is 5.32 Å². The van der Waals surface area contributed by atoms with Crippen molar-refractivity contribution in [3.63, 3.8) is 0 Å². The fourth-order valence-electron chi connectivity index (χ4n) is 2.47. The van der Waals surface area contributed by atoms with Crippen LogP contribution in [-0.2, 0) is 10.0 Å². The first-order chi connectivity index (χ1) is 9.75. The number of rotatable bonds is 8. The second-order valence-corrected chi connectivity index (χ2v) is 7.63. The molecule has 0 aliphatic rings. The molecular formula is C16H28N2O2S. The Labute approximate surface area is 129 Å². The van der Waals surface area contributed by atoms with Crippen molar-refractivity contribution >= 4 is 10.0 Å². The Morgan fingerprint density at radius 1 is 1.29 bits per heavy atom. The molecule has 0 aliphatic carbocycles. The van der Waals surface area contributed by atoms with Crippen LogP contribution in [0.4, 0.5) is 0 Å². The van der Waals surface area contributed by atoms with Crippen LogP contribution in [0.25, 0.3) is 0 Å². The van der Waals surface area contributed by atoms with Crippen LogP contribution in [0.2, 0.25) is 0 Å². The highest BCUT2D eigenvalue weighted by atomic mass is 32.2. The monoisotopic (exact) mass is 312 g/mol. The Hall–Kier alpha value is -0.910. The first-order valence-electron chi connectivity index (χ1n) is 7.51. The lowest BCUT2D eigenvalue weighted by molar-refractivity contribution is 0.413. The molecule has 1 aromatic carbocycles. The van der Waals surface area contributed by atoms with E-state index < -0.39 is 10.0 Å². The molecule has 0 heterocycles. The summed E-state index contributed by atoms with van der Waals surface area (Å²) >= 11 is 0. The predicted molar refractivity (Wildman–Crippen MR) is 89.0 cm³/mol. The number of sulfonamides is 1. The molecule has 21 heavy (non-hydrogen) atoms. The molecule has 0 aromatic heterocycles. The average molecular weight is 312 g/mol. The standard InChI is InChI=1S/C16H28N2O2S/c1-6-18(21(5,19)20)11-7-10-17-15(4)16-12-13(2)8-9-14(16)3/h8-9,12,15,17H,6-7,10-11H2,1-5H3. The van der Waals surface area contributed by atoms with Gasteiger partial charge in [-0.3, -0.25) is 0 Å². The highest BCUT2D eigenvalue weighted by molar-refractivity contribution is 7.88. The molecule has 1 atom stereocenters. The van der Waals surface area contributed by atoms with Gasteiger partial charge in [-0.15, -0.1) is 0 Å². The van der Waals surface area contributed by atoms with Crippen molar-refractivity contribution in [3.05, 3.63) is 34.9 Å². The molecule has 120 valence electrons. The molecule has 0 bridgehead atoms. The van der Waals surface area contributed by atoms with E-state index in [-0.39, 0.29) is 6.04 Å². The van der Waals surface area contributed by atoms with Crippen LogP contribution in [0.15, 0.2) is 18.2 Å². The third kappa shape index (κ3) is 5.77. The average Bonchev–Trinajstić information content (AvgIpc) is 2.39. The Morgan fingerprint density at radius 2 is 1.95 bits per heavy atom. The van der Waals surface area contributed by atoms with Crippen molar-refractivity contribution in [1.82, 2.24) is 9.62 Å². The summed E-state index contributed by atoms with van der Waals surface area (Å²) in [4.78, 5) is 0. The molecule has 0 amide bonds. The quantitative estimate of drug-likeness (QED) is 0.751. The van der Waals surface area contributed by atoms with Crippen LogP contribution >= 0.6 is 0 Å². The van der Waals surface area contributed by atoms with Crippen LogP contribution in [0.5, 0.6) is 0 Å². The van der Waals surface area contributed by atoms with Gasteiger partial charge in [0.2, 0.25) is 10.0 Å². The predicted octanol–water partition coefficient (Wildman–Crippen LogP) is 2.63. The zero-order valence-corrected chi connectivity index (χ0v) is 14.6. The normalized spacial score (nSPS) is 13.6. The molecule has 1 aromatic rings. The Balaban J connectivity index is 2.47. The third-order valence-electron chi connectivity index (χ3n) is 3.76. The maximum absolute atomic E-state index is 11.5. The van der Waals surface area contributed by atoms with Gasteiger partial charge in [0.1, 0.15) is 0 Å². The van der Waals surface area contributed by atoms with E-state index in [4.69, 9.17) is 0 Å². The summed E-state index contributed by atoms with van der Waals surface area (Å²) in [5.74, 6) is 0. The smallest absolute Gasteiger partial charge is 0.211 e. The van der Waals surface area contributed by atoms with Crippen molar-refractivity contribution in [2.45, 2.75) is 40.2 Å². The van der Waals surface area contributed by atoms with E-state index in [0.29, 0.717) is 13.1 Å². The maximum Gasteiger partial charge on any atom is 0.211 e. The number of aryl methyl sites for hydroxylation is 2. The van der Waals surface area contributed by atoms with Gasteiger partial charge in [0.05, 0.1) is 6.26 Å². The van der Waals surface area contributed by atoms with E-state index in [2.05, 4.69) is 44.3 Å². The number of nitrogens with one attached hydrogen (secondary N) is 1. The minimum Gasteiger partial charge on any atom is -0.310 e. The van der Waals surface area contributed by atoms with Crippen molar-refractivity contribution in [2.24, 2.45) is 0 Å². The molecule has 0 aliphatic heterocycles. The van der Waals surface area contributed by atoms with Gasteiger partial charge >= 0.3 is 0 Å². The molecule has 0 saturated heterocycles. The van der Waals surface area contributed by atoms with Gasteiger partial charge in [-0.1, -0.05) is 30.7 Å². The van der Waals surface area contributed by atoms with Crippen molar-refractivity contribution in [2.75, 3.05) is 25.9 Å². The van der Waals surface area contributed by atoms with Gasteiger partial charge in [0.15, 0.2) is 0 Å². The van der Waals surface area contributed by atoms with E-state index in [9.17, 15) is 8.42 Å². The Morgan fingerprint density at radius 3 is 2.52 bits per heavy atom. The SMILES string of the molecule is CCN(CCCNC(C)c1cc(C)ccc1C)S(C)(=O)=O. The number of hydrogen-bond donors (Lipinski definition) is 1. The first kappa shape index (κ1) is 18.1. The molecule has 0 radical (unpaired) electrons. The van der Waals surface area contributed by atoms with Gasteiger partial charge in [-0.2, -0.15) is 0 Å². The number of benzene rings is 1. The van der Waals surface area contributed by atoms with Crippen molar-refractivity contribution in [1.29, 1.82) is 0 Å². The maximum atomic E-state index is 11.5. The summed E-state index contributed by atoms with van der Waals surface area (Å²) in [6, 6.07) is 6.75.